The third-order valence-corrected chi connectivity index (χ3v) is 4.09. The molecule has 3 rings (SSSR count). The lowest BCUT2D eigenvalue weighted by Gasteiger charge is -2.39. The molecule has 1 aliphatic rings. The average molecular weight is 382 g/mol. The predicted molar refractivity (Wildman–Crippen MR) is 88.1 cm³/mol. The van der Waals surface area contributed by atoms with Crippen LogP contribution in [-0.4, -0.2) is 63.7 Å². The first-order valence-electron chi connectivity index (χ1n) is 8.03. The molecule has 0 spiro atoms. The number of carbonyl (C=O) groups is 1. The van der Waals surface area contributed by atoms with Crippen molar-refractivity contribution in [2.24, 2.45) is 0 Å². The number of carbonyl (C=O) groups excluding carboxylic acids is 1. The van der Waals surface area contributed by atoms with Crippen molar-refractivity contribution >= 4 is 16.9 Å². The molecule has 4 N–H and O–H groups in total. The Bertz CT molecular complexity index is 891. The van der Waals surface area contributed by atoms with E-state index in [2.05, 4.69) is 0 Å². The summed E-state index contributed by atoms with van der Waals surface area (Å²) in [5.74, 6) is -1.31. The van der Waals surface area contributed by atoms with Crippen LogP contribution >= 0.6 is 0 Å². The molecule has 27 heavy (non-hydrogen) atoms. The molecule has 5 atom stereocenters. The molecule has 0 radical (unpaired) electrons. The van der Waals surface area contributed by atoms with Gasteiger partial charge in [-0.2, -0.15) is 0 Å². The van der Waals surface area contributed by atoms with Crippen molar-refractivity contribution in [3.05, 3.63) is 34.7 Å². The number of benzene rings is 1. The van der Waals surface area contributed by atoms with Gasteiger partial charge in [-0.25, -0.2) is 4.79 Å². The van der Waals surface area contributed by atoms with Gasteiger partial charge in [-0.3, -0.25) is 4.79 Å². The van der Waals surface area contributed by atoms with E-state index in [4.69, 9.17) is 18.6 Å². The topological polar surface area (TPSA) is 156 Å². The lowest BCUT2D eigenvalue weighted by atomic mass is 9.99. The first-order chi connectivity index (χ1) is 12.8. The summed E-state index contributed by atoms with van der Waals surface area (Å²) in [5, 5.41) is 40.7. The van der Waals surface area contributed by atoms with Crippen molar-refractivity contribution in [3.63, 3.8) is 0 Å². The normalized spacial score (nSPS) is 28.1. The quantitative estimate of drug-likeness (QED) is 0.392. The van der Waals surface area contributed by atoms with E-state index in [-0.39, 0.29) is 17.9 Å². The van der Waals surface area contributed by atoms with Gasteiger partial charge in [0.2, 0.25) is 12.0 Å². The van der Waals surface area contributed by atoms with Gasteiger partial charge in [-0.05, 0) is 18.2 Å². The van der Waals surface area contributed by atoms with Crippen LogP contribution in [0.2, 0.25) is 0 Å². The molecule has 0 unspecified atom stereocenters. The zero-order valence-electron chi connectivity index (χ0n) is 14.1. The van der Waals surface area contributed by atoms with Gasteiger partial charge < -0.3 is 39.1 Å². The van der Waals surface area contributed by atoms with E-state index >= 15 is 0 Å². The van der Waals surface area contributed by atoms with E-state index < -0.39 is 48.1 Å². The minimum absolute atomic E-state index is 0.123. The number of esters is 1. The maximum atomic E-state index is 11.4. The minimum Gasteiger partial charge on any atom is -0.502 e. The van der Waals surface area contributed by atoms with Crippen LogP contribution in [0.1, 0.15) is 6.92 Å². The van der Waals surface area contributed by atoms with Crippen LogP contribution in [0, 0.1) is 0 Å². The van der Waals surface area contributed by atoms with E-state index in [1.807, 2.05) is 0 Å². The Kier molecular flexibility index (Phi) is 5.33. The van der Waals surface area contributed by atoms with Crippen LogP contribution < -0.4 is 10.4 Å². The number of aromatic hydroxyl groups is 1. The van der Waals surface area contributed by atoms with Crippen molar-refractivity contribution in [1.82, 2.24) is 0 Å². The van der Waals surface area contributed by atoms with E-state index in [9.17, 15) is 30.0 Å². The fourth-order valence-electron chi connectivity index (χ4n) is 2.67. The number of ether oxygens (including phenoxy) is 3. The number of phenols is 1. The van der Waals surface area contributed by atoms with Crippen molar-refractivity contribution < 1.29 is 43.8 Å². The van der Waals surface area contributed by atoms with Gasteiger partial charge >= 0.3 is 11.6 Å². The lowest BCUT2D eigenvalue weighted by Crippen LogP contribution is -2.60. The summed E-state index contributed by atoms with van der Waals surface area (Å²) in [5.41, 5.74) is -0.800. The molecule has 1 saturated heterocycles. The van der Waals surface area contributed by atoms with Crippen LogP contribution in [-0.2, 0) is 14.3 Å². The summed E-state index contributed by atoms with van der Waals surface area (Å²) in [6, 6.07) is 5.50. The van der Waals surface area contributed by atoms with Gasteiger partial charge in [0.1, 0.15) is 31.0 Å². The van der Waals surface area contributed by atoms with E-state index in [0.29, 0.717) is 5.39 Å². The fraction of sp³-hybridized carbons (Fsp3) is 0.412. The standard InChI is InChI=1S/C17H18O10/c1-7(18)24-6-10-12(20)14(22)15(23)17(26-10)25-9-4-2-8-3-5-11(19)27-16(8)13(9)21/h2-5,10,12,14-15,17,20-23H,6H2,1H3/t10-,12-,14+,15-,17-/m1/s1. The molecule has 10 heteroatoms. The number of hydrogen-bond donors (Lipinski definition) is 4. The first kappa shape index (κ1) is 19.1. The van der Waals surface area contributed by atoms with Crippen LogP contribution in [0.3, 0.4) is 0 Å². The van der Waals surface area contributed by atoms with Gasteiger partial charge in [0.15, 0.2) is 11.3 Å². The number of aliphatic hydroxyl groups is 3. The Hall–Kier alpha value is -2.66. The zero-order chi connectivity index (χ0) is 19.7. The van der Waals surface area contributed by atoms with E-state index in [1.165, 1.54) is 24.3 Å². The molecule has 0 bridgehead atoms. The average Bonchev–Trinajstić information content (AvgIpc) is 2.63. The fourth-order valence-corrected chi connectivity index (χ4v) is 2.67. The maximum absolute atomic E-state index is 11.4. The second-order valence-electron chi connectivity index (χ2n) is 6.02. The van der Waals surface area contributed by atoms with Crippen LogP contribution in [0.5, 0.6) is 11.5 Å². The highest BCUT2D eigenvalue weighted by atomic mass is 16.7. The smallest absolute Gasteiger partial charge is 0.336 e. The number of hydrogen-bond acceptors (Lipinski definition) is 10. The van der Waals surface area contributed by atoms with Crippen molar-refractivity contribution in [3.8, 4) is 11.5 Å². The molecule has 0 aliphatic carbocycles. The molecule has 2 heterocycles. The number of rotatable bonds is 4. The third-order valence-electron chi connectivity index (χ3n) is 4.09. The summed E-state index contributed by atoms with van der Waals surface area (Å²) in [6.07, 6.45) is -7.50. The van der Waals surface area contributed by atoms with E-state index in [0.717, 1.165) is 6.92 Å². The van der Waals surface area contributed by atoms with Crippen LogP contribution in [0.4, 0.5) is 0 Å². The Balaban J connectivity index is 1.84. The number of phenolic OH excluding ortho intramolecular Hbond substituents is 1. The second kappa shape index (κ2) is 7.53. The van der Waals surface area contributed by atoms with Gasteiger partial charge in [-0.1, -0.05) is 0 Å². The SMILES string of the molecule is CC(=O)OC[C@H]1O[C@@H](Oc2ccc3ccc(=O)oc3c2O)[C@H](O)[C@@H](O)[C@@H]1O. The molecule has 1 fully saturated rings. The summed E-state index contributed by atoms with van der Waals surface area (Å²) >= 11 is 0. The Labute approximate surface area is 152 Å². The molecule has 2 aromatic rings. The van der Waals surface area contributed by atoms with Crippen molar-refractivity contribution in [1.29, 1.82) is 0 Å². The molecule has 10 nitrogen and oxygen atoms in total. The molecular formula is C17H18O10. The zero-order valence-corrected chi connectivity index (χ0v) is 14.1. The molecule has 0 amide bonds. The van der Waals surface area contributed by atoms with Crippen molar-refractivity contribution in [2.75, 3.05) is 6.61 Å². The minimum atomic E-state index is -1.66. The highest BCUT2D eigenvalue weighted by Gasteiger charge is 2.45. The maximum Gasteiger partial charge on any atom is 0.336 e. The molecule has 1 aromatic carbocycles. The van der Waals surface area contributed by atoms with Gasteiger partial charge in [-0.15, -0.1) is 0 Å². The molecule has 1 aliphatic heterocycles. The molecule has 146 valence electrons. The molecular weight excluding hydrogens is 364 g/mol. The summed E-state index contributed by atoms with van der Waals surface area (Å²) < 4.78 is 20.5. The van der Waals surface area contributed by atoms with Crippen LogP contribution in [0.15, 0.2) is 33.5 Å². The Morgan fingerprint density at radius 1 is 1.11 bits per heavy atom. The summed E-state index contributed by atoms with van der Waals surface area (Å²) in [4.78, 5) is 22.3. The number of aliphatic hydroxyl groups excluding tert-OH is 3. The third kappa shape index (κ3) is 3.88. The van der Waals surface area contributed by atoms with Gasteiger partial charge in [0, 0.05) is 18.4 Å². The molecule has 0 saturated carbocycles. The van der Waals surface area contributed by atoms with Crippen molar-refractivity contribution in [2.45, 2.75) is 37.6 Å². The van der Waals surface area contributed by atoms with Gasteiger partial charge in [0.05, 0.1) is 0 Å². The molecule has 1 aromatic heterocycles. The lowest BCUT2D eigenvalue weighted by molar-refractivity contribution is -0.278. The highest BCUT2D eigenvalue weighted by molar-refractivity contribution is 5.84. The Morgan fingerprint density at radius 3 is 2.52 bits per heavy atom. The Morgan fingerprint density at radius 2 is 1.81 bits per heavy atom. The predicted octanol–water partition coefficient (Wildman–Crippen LogP) is -0.752. The van der Waals surface area contributed by atoms with Gasteiger partial charge in [0.25, 0.3) is 0 Å². The number of fused-ring (bicyclic) bond motifs is 1. The first-order valence-corrected chi connectivity index (χ1v) is 8.03. The summed E-state index contributed by atoms with van der Waals surface area (Å²) in [6.45, 7) is 0.786. The summed E-state index contributed by atoms with van der Waals surface area (Å²) in [7, 11) is 0. The van der Waals surface area contributed by atoms with Crippen LogP contribution in [0.25, 0.3) is 11.0 Å². The van der Waals surface area contributed by atoms with E-state index in [1.54, 1.807) is 0 Å². The second-order valence-corrected chi connectivity index (χ2v) is 6.02. The highest BCUT2D eigenvalue weighted by Crippen LogP contribution is 2.35. The largest absolute Gasteiger partial charge is 0.502 e. The monoisotopic (exact) mass is 382 g/mol.